The highest BCUT2D eigenvalue weighted by molar-refractivity contribution is 14.0. The van der Waals surface area contributed by atoms with Crippen LogP contribution in [0.25, 0.3) is 10.9 Å². The smallest absolute Gasteiger partial charge is 0.194 e. The monoisotopic (exact) mass is 522 g/mol. The van der Waals surface area contributed by atoms with Crippen molar-refractivity contribution in [1.29, 1.82) is 0 Å². The number of H-pyrrole nitrogens is 1. The molecular weight excluding hydrogens is 491 g/mol. The second-order valence-electron chi connectivity index (χ2n) is 7.51. The Balaban J connectivity index is 0.00000256. The third-order valence-electron chi connectivity index (χ3n) is 5.45. The minimum atomic E-state index is 0. The largest absolute Gasteiger partial charge is 0.370 e. The summed E-state index contributed by atoms with van der Waals surface area (Å²) in [5, 5.41) is 9.03. The average molecular weight is 522 g/mol. The van der Waals surface area contributed by atoms with Crippen LogP contribution in [-0.4, -0.2) is 58.4 Å². The lowest BCUT2D eigenvalue weighted by Crippen LogP contribution is -2.48. The number of fused-ring (bicyclic) bond motifs is 1. The van der Waals surface area contributed by atoms with Crippen LogP contribution in [0.2, 0.25) is 0 Å². The predicted octanol–water partition coefficient (Wildman–Crippen LogP) is 3.41. The highest BCUT2D eigenvalue weighted by Gasteiger charge is 2.25. The summed E-state index contributed by atoms with van der Waals surface area (Å²) >= 11 is 0. The number of aliphatic imine (C=N–C) groups is 1. The summed E-state index contributed by atoms with van der Waals surface area (Å²) in [7, 11) is 1.93. The molecule has 1 aliphatic rings. The minimum Gasteiger partial charge on any atom is -0.370 e. The lowest BCUT2D eigenvalue weighted by Gasteiger charge is -2.34. The molecular formula is C22H31IN6O. The van der Waals surface area contributed by atoms with Crippen LogP contribution in [0.15, 0.2) is 41.7 Å². The molecule has 1 fully saturated rings. The van der Waals surface area contributed by atoms with Gasteiger partial charge in [0.05, 0.1) is 19.3 Å². The van der Waals surface area contributed by atoms with E-state index < -0.39 is 0 Å². The van der Waals surface area contributed by atoms with E-state index in [2.05, 4.69) is 58.4 Å². The van der Waals surface area contributed by atoms with Gasteiger partial charge in [-0.1, -0.05) is 18.2 Å². The second kappa shape index (κ2) is 10.3. The zero-order chi connectivity index (χ0) is 20.2. The second-order valence-corrected chi connectivity index (χ2v) is 7.51. The highest BCUT2D eigenvalue weighted by Crippen LogP contribution is 2.23. The number of hydrogen-bond donors (Lipinski definition) is 2. The van der Waals surface area contributed by atoms with E-state index in [0.717, 1.165) is 44.1 Å². The Morgan fingerprint density at radius 3 is 2.97 bits per heavy atom. The molecule has 0 aliphatic carbocycles. The first kappa shape index (κ1) is 22.6. The van der Waals surface area contributed by atoms with E-state index in [1.54, 1.807) is 0 Å². The van der Waals surface area contributed by atoms with Gasteiger partial charge >= 0.3 is 0 Å². The molecule has 1 saturated heterocycles. The highest BCUT2D eigenvalue weighted by atomic mass is 127. The molecule has 1 unspecified atom stereocenters. The third-order valence-corrected chi connectivity index (χ3v) is 5.45. The molecule has 2 aromatic heterocycles. The maximum Gasteiger partial charge on any atom is 0.194 e. The van der Waals surface area contributed by atoms with Gasteiger partial charge in [0.15, 0.2) is 5.96 Å². The molecule has 1 aromatic carbocycles. The van der Waals surface area contributed by atoms with Gasteiger partial charge in [-0.25, -0.2) is 0 Å². The Labute approximate surface area is 194 Å². The number of aryl methyl sites for hydroxylation is 2. The SMILES string of the molecule is CCNC(=NCCc1c(C)[nH]c2ccccc12)N1CCOC(c2cnn(C)c2)C1.I. The summed E-state index contributed by atoms with van der Waals surface area (Å²) < 4.78 is 7.80. The van der Waals surface area contributed by atoms with Gasteiger partial charge in [-0.3, -0.25) is 9.67 Å². The molecule has 1 aliphatic heterocycles. The molecule has 162 valence electrons. The van der Waals surface area contributed by atoms with Gasteiger partial charge < -0.3 is 19.9 Å². The van der Waals surface area contributed by atoms with Crippen molar-refractivity contribution in [3.05, 3.63) is 53.5 Å². The van der Waals surface area contributed by atoms with Crippen LogP contribution in [-0.2, 0) is 18.2 Å². The first-order chi connectivity index (χ1) is 14.2. The van der Waals surface area contributed by atoms with Gasteiger partial charge in [0.1, 0.15) is 6.10 Å². The van der Waals surface area contributed by atoms with Crippen LogP contribution >= 0.6 is 24.0 Å². The Bertz CT molecular complexity index is 995. The standard InChI is InChI=1S/C22H30N6O.HI/c1-4-23-22(28-11-12-29-21(15-28)17-13-25-27(3)14-17)24-10-9-18-16(2)26-20-8-6-5-7-19(18)20;/h5-8,13-14,21,26H,4,9-12,15H2,1-3H3,(H,23,24);1H. The fraction of sp³-hybridized carbons (Fsp3) is 0.455. The van der Waals surface area contributed by atoms with E-state index in [1.807, 2.05) is 24.1 Å². The van der Waals surface area contributed by atoms with Crippen LogP contribution in [0.1, 0.15) is 29.8 Å². The van der Waals surface area contributed by atoms with Gasteiger partial charge in [0.2, 0.25) is 0 Å². The number of aromatic amines is 1. The van der Waals surface area contributed by atoms with Crippen LogP contribution in [0, 0.1) is 6.92 Å². The number of halogens is 1. The van der Waals surface area contributed by atoms with Crippen LogP contribution in [0.3, 0.4) is 0 Å². The van der Waals surface area contributed by atoms with Crippen LogP contribution in [0.5, 0.6) is 0 Å². The summed E-state index contributed by atoms with van der Waals surface area (Å²) in [5.74, 6) is 0.960. The fourth-order valence-electron chi connectivity index (χ4n) is 4.01. The molecule has 3 aromatic rings. The first-order valence-corrected chi connectivity index (χ1v) is 10.3. The molecule has 8 heteroatoms. The van der Waals surface area contributed by atoms with E-state index in [1.165, 1.54) is 22.2 Å². The molecule has 0 bridgehead atoms. The molecule has 0 spiro atoms. The van der Waals surface area contributed by atoms with E-state index in [4.69, 9.17) is 9.73 Å². The molecule has 30 heavy (non-hydrogen) atoms. The fourth-order valence-corrected chi connectivity index (χ4v) is 4.01. The number of hydrogen-bond acceptors (Lipinski definition) is 3. The van der Waals surface area contributed by atoms with Crippen molar-refractivity contribution in [2.45, 2.75) is 26.4 Å². The number of ether oxygens (including phenoxy) is 1. The summed E-state index contributed by atoms with van der Waals surface area (Å²) in [6.45, 7) is 8.16. The molecule has 1 atom stereocenters. The average Bonchev–Trinajstić information content (AvgIpc) is 3.30. The van der Waals surface area contributed by atoms with Gasteiger partial charge in [0.25, 0.3) is 0 Å². The molecule has 2 N–H and O–H groups in total. The molecule has 3 heterocycles. The van der Waals surface area contributed by atoms with Crippen molar-refractivity contribution < 1.29 is 4.74 Å². The number of para-hydroxylation sites is 1. The van der Waals surface area contributed by atoms with Crippen molar-refractivity contribution in [2.24, 2.45) is 12.0 Å². The topological polar surface area (TPSA) is 70.5 Å². The van der Waals surface area contributed by atoms with Gasteiger partial charge in [-0.05, 0) is 31.9 Å². The number of rotatable bonds is 5. The molecule has 0 amide bonds. The van der Waals surface area contributed by atoms with E-state index in [0.29, 0.717) is 6.61 Å². The van der Waals surface area contributed by atoms with E-state index >= 15 is 0 Å². The maximum absolute atomic E-state index is 5.98. The third kappa shape index (κ3) is 4.97. The number of guanidine groups is 1. The predicted molar refractivity (Wildman–Crippen MR) is 132 cm³/mol. The molecule has 0 saturated carbocycles. The van der Waals surface area contributed by atoms with Gasteiger partial charge in [0, 0.05) is 55.0 Å². The lowest BCUT2D eigenvalue weighted by atomic mass is 10.1. The number of morpholine rings is 1. The van der Waals surface area contributed by atoms with Crippen molar-refractivity contribution in [3.8, 4) is 0 Å². The Morgan fingerprint density at radius 1 is 1.37 bits per heavy atom. The molecule has 7 nitrogen and oxygen atoms in total. The summed E-state index contributed by atoms with van der Waals surface area (Å²) in [4.78, 5) is 10.7. The van der Waals surface area contributed by atoms with Crippen LogP contribution in [0.4, 0.5) is 0 Å². The molecule has 4 rings (SSSR count). The van der Waals surface area contributed by atoms with Crippen molar-refractivity contribution in [1.82, 2.24) is 25.0 Å². The van der Waals surface area contributed by atoms with Crippen molar-refractivity contribution in [3.63, 3.8) is 0 Å². The zero-order valence-corrected chi connectivity index (χ0v) is 20.2. The maximum atomic E-state index is 5.98. The van der Waals surface area contributed by atoms with Crippen molar-refractivity contribution >= 4 is 40.8 Å². The zero-order valence-electron chi connectivity index (χ0n) is 17.9. The Morgan fingerprint density at radius 2 is 2.20 bits per heavy atom. The van der Waals surface area contributed by atoms with E-state index in [-0.39, 0.29) is 30.1 Å². The summed E-state index contributed by atoms with van der Waals surface area (Å²) in [6.07, 6.45) is 4.86. The number of nitrogens with one attached hydrogen (secondary N) is 2. The quantitative estimate of drug-likeness (QED) is 0.306. The number of nitrogens with zero attached hydrogens (tertiary/aromatic N) is 4. The van der Waals surface area contributed by atoms with E-state index in [9.17, 15) is 0 Å². The normalized spacial score (nSPS) is 17.2. The van der Waals surface area contributed by atoms with Crippen LogP contribution < -0.4 is 5.32 Å². The van der Waals surface area contributed by atoms with Gasteiger partial charge in [-0.15, -0.1) is 24.0 Å². The minimum absolute atomic E-state index is 0. The lowest BCUT2D eigenvalue weighted by molar-refractivity contribution is -0.00803. The Hall–Kier alpha value is -2.07. The number of aromatic nitrogens is 3. The first-order valence-electron chi connectivity index (χ1n) is 10.3. The Kier molecular flexibility index (Phi) is 7.76. The molecule has 0 radical (unpaired) electrons. The van der Waals surface area contributed by atoms with Gasteiger partial charge in [-0.2, -0.15) is 5.10 Å². The number of benzene rings is 1. The summed E-state index contributed by atoms with van der Waals surface area (Å²) in [5.41, 5.74) is 4.90. The van der Waals surface area contributed by atoms with Crippen molar-refractivity contribution in [2.75, 3.05) is 32.8 Å². The summed E-state index contributed by atoms with van der Waals surface area (Å²) in [6, 6.07) is 8.48.